The molecule has 2 amide bonds. The molecule has 0 aromatic carbocycles. The van der Waals surface area contributed by atoms with Gasteiger partial charge in [-0.25, -0.2) is 4.98 Å². The van der Waals surface area contributed by atoms with Gasteiger partial charge in [0, 0.05) is 18.1 Å². The molecule has 1 saturated heterocycles. The quantitative estimate of drug-likeness (QED) is 0.782. The van der Waals surface area contributed by atoms with Crippen LogP contribution in [0.5, 0.6) is 0 Å². The van der Waals surface area contributed by atoms with E-state index in [2.05, 4.69) is 4.98 Å². The standard InChI is InChI=1S/C9H10ClN3O2S/c1-12-4-8(15)13(5-7(12)14)3-6-2-11-9(10)16-6/h2H,3-5H2,1H3. The second-order valence-corrected chi connectivity index (χ2v) is 5.28. The molecular formula is C9H10ClN3O2S. The molecule has 1 aromatic heterocycles. The largest absolute Gasteiger partial charge is 0.335 e. The first-order valence-corrected chi connectivity index (χ1v) is 5.87. The molecule has 0 unspecified atom stereocenters. The first kappa shape index (κ1) is 11.3. The summed E-state index contributed by atoms with van der Waals surface area (Å²) >= 11 is 7.02. The summed E-state index contributed by atoms with van der Waals surface area (Å²) in [4.78, 5) is 30.8. The minimum atomic E-state index is -0.0494. The molecule has 2 rings (SSSR count). The Morgan fingerprint density at radius 3 is 2.81 bits per heavy atom. The monoisotopic (exact) mass is 259 g/mol. The molecule has 2 heterocycles. The summed E-state index contributed by atoms with van der Waals surface area (Å²) in [6.07, 6.45) is 1.63. The smallest absolute Gasteiger partial charge is 0.242 e. The molecule has 1 aliphatic rings. The molecule has 0 atom stereocenters. The first-order chi connectivity index (χ1) is 7.56. The fourth-order valence-corrected chi connectivity index (χ4v) is 2.45. The van der Waals surface area contributed by atoms with Gasteiger partial charge in [-0.3, -0.25) is 9.59 Å². The minimum Gasteiger partial charge on any atom is -0.335 e. The molecule has 1 aromatic rings. The Morgan fingerprint density at radius 1 is 1.44 bits per heavy atom. The van der Waals surface area contributed by atoms with Crippen LogP contribution in [0.25, 0.3) is 0 Å². The van der Waals surface area contributed by atoms with Crippen LogP contribution in [0.3, 0.4) is 0 Å². The highest BCUT2D eigenvalue weighted by atomic mass is 35.5. The van der Waals surface area contributed by atoms with Crippen LogP contribution in [-0.2, 0) is 16.1 Å². The van der Waals surface area contributed by atoms with Crippen LogP contribution in [0.4, 0.5) is 0 Å². The van der Waals surface area contributed by atoms with E-state index < -0.39 is 0 Å². The number of nitrogens with zero attached hydrogens (tertiary/aromatic N) is 3. The van der Waals surface area contributed by atoms with Gasteiger partial charge in [-0.2, -0.15) is 0 Å². The van der Waals surface area contributed by atoms with Crippen molar-refractivity contribution in [3.63, 3.8) is 0 Å². The third kappa shape index (κ3) is 2.33. The number of amides is 2. The molecule has 0 saturated carbocycles. The summed E-state index contributed by atoms with van der Waals surface area (Å²) in [5, 5.41) is 0. The summed E-state index contributed by atoms with van der Waals surface area (Å²) in [5.74, 6) is -0.0955. The van der Waals surface area contributed by atoms with E-state index in [0.29, 0.717) is 11.0 Å². The van der Waals surface area contributed by atoms with Crippen LogP contribution in [0.2, 0.25) is 4.47 Å². The summed E-state index contributed by atoms with van der Waals surface area (Å²) in [7, 11) is 1.63. The molecule has 0 spiro atoms. The van der Waals surface area contributed by atoms with Gasteiger partial charge in [0.25, 0.3) is 0 Å². The van der Waals surface area contributed by atoms with Crippen LogP contribution >= 0.6 is 22.9 Å². The Kier molecular flexibility index (Phi) is 3.11. The molecule has 0 radical (unpaired) electrons. The van der Waals surface area contributed by atoms with E-state index in [-0.39, 0.29) is 24.9 Å². The van der Waals surface area contributed by atoms with Crippen molar-refractivity contribution in [2.24, 2.45) is 0 Å². The maximum atomic E-state index is 11.6. The fraction of sp³-hybridized carbons (Fsp3) is 0.444. The van der Waals surface area contributed by atoms with E-state index in [4.69, 9.17) is 11.6 Å². The Morgan fingerprint density at radius 2 is 2.19 bits per heavy atom. The topological polar surface area (TPSA) is 53.5 Å². The number of aromatic nitrogens is 1. The fourth-order valence-electron chi connectivity index (χ4n) is 1.45. The summed E-state index contributed by atoms with van der Waals surface area (Å²) in [6, 6.07) is 0. The van der Waals surface area contributed by atoms with E-state index >= 15 is 0 Å². The summed E-state index contributed by atoms with van der Waals surface area (Å²) in [6.45, 7) is 0.680. The van der Waals surface area contributed by atoms with Crippen LogP contribution < -0.4 is 0 Å². The van der Waals surface area contributed by atoms with Crippen molar-refractivity contribution in [1.29, 1.82) is 0 Å². The van der Waals surface area contributed by atoms with Gasteiger partial charge in [-0.1, -0.05) is 11.6 Å². The van der Waals surface area contributed by atoms with E-state index in [0.717, 1.165) is 4.88 Å². The highest BCUT2D eigenvalue weighted by molar-refractivity contribution is 7.15. The molecule has 5 nitrogen and oxygen atoms in total. The number of hydrogen-bond acceptors (Lipinski definition) is 4. The van der Waals surface area contributed by atoms with Crippen molar-refractivity contribution in [3.8, 4) is 0 Å². The average molecular weight is 260 g/mol. The van der Waals surface area contributed by atoms with Crippen molar-refractivity contribution < 1.29 is 9.59 Å². The zero-order chi connectivity index (χ0) is 11.7. The van der Waals surface area contributed by atoms with E-state index in [1.54, 1.807) is 13.2 Å². The lowest BCUT2D eigenvalue weighted by atomic mass is 10.3. The lowest BCUT2D eigenvalue weighted by molar-refractivity contribution is -0.149. The van der Waals surface area contributed by atoms with Gasteiger partial charge in [0.1, 0.15) is 6.54 Å². The minimum absolute atomic E-state index is 0.0461. The predicted octanol–water partition coefficient (Wildman–Crippen LogP) is 0.597. The Balaban J connectivity index is 2.05. The molecule has 1 aliphatic heterocycles. The zero-order valence-corrected chi connectivity index (χ0v) is 10.2. The number of rotatable bonds is 2. The Hall–Kier alpha value is -1.14. The van der Waals surface area contributed by atoms with Crippen LogP contribution in [0.15, 0.2) is 6.20 Å². The summed E-state index contributed by atoms with van der Waals surface area (Å²) in [5.41, 5.74) is 0. The molecule has 0 aliphatic carbocycles. The second kappa shape index (κ2) is 4.39. The highest BCUT2D eigenvalue weighted by Crippen LogP contribution is 2.20. The Bertz CT molecular complexity index is 434. The molecule has 7 heteroatoms. The number of likely N-dealkylation sites (N-methyl/N-ethyl adjacent to an activating group) is 1. The highest BCUT2D eigenvalue weighted by Gasteiger charge is 2.27. The summed E-state index contributed by atoms with van der Waals surface area (Å²) < 4.78 is 0.447. The number of carbonyl (C=O) groups is 2. The van der Waals surface area contributed by atoms with Crippen LogP contribution in [0, 0.1) is 0 Å². The number of carbonyl (C=O) groups excluding carboxylic acids is 2. The van der Waals surface area contributed by atoms with Crippen molar-refractivity contribution in [2.75, 3.05) is 20.1 Å². The van der Waals surface area contributed by atoms with Gasteiger partial charge in [-0.15, -0.1) is 11.3 Å². The predicted molar refractivity (Wildman–Crippen MR) is 60.2 cm³/mol. The zero-order valence-electron chi connectivity index (χ0n) is 8.64. The number of halogens is 1. The molecule has 1 fully saturated rings. The lowest BCUT2D eigenvalue weighted by Crippen LogP contribution is -2.51. The SMILES string of the molecule is CN1CC(=O)N(Cc2cnc(Cl)s2)CC1=O. The maximum Gasteiger partial charge on any atom is 0.242 e. The molecule has 86 valence electrons. The Labute approximate surface area is 102 Å². The van der Waals surface area contributed by atoms with Crippen LogP contribution in [0.1, 0.15) is 4.88 Å². The van der Waals surface area contributed by atoms with Crippen molar-refractivity contribution in [1.82, 2.24) is 14.8 Å². The van der Waals surface area contributed by atoms with Gasteiger partial charge < -0.3 is 9.80 Å². The number of thiazole rings is 1. The maximum absolute atomic E-state index is 11.6. The second-order valence-electron chi connectivity index (χ2n) is 3.58. The lowest BCUT2D eigenvalue weighted by Gasteiger charge is -2.31. The van der Waals surface area contributed by atoms with E-state index in [9.17, 15) is 9.59 Å². The normalized spacial score (nSPS) is 17.1. The van der Waals surface area contributed by atoms with Crippen molar-refractivity contribution in [3.05, 3.63) is 15.5 Å². The number of piperazine rings is 1. The van der Waals surface area contributed by atoms with Gasteiger partial charge in [0.2, 0.25) is 11.8 Å². The van der Waals surface area contributed by atoms with Gasteiger partial charge in [-0.05, 0) is 0 Å². The third-order valence-corrected chi connectivity index (χ3v) is 3.45. The van der Waals surface area contributed by atoms with E-state index in [1.165, 1.54) is 21.1 Å². The van der Waals surface area contributed by atoms with Crippen molar-refractivity contribution in [2.45, 2.75) is 6.54 Å². The van der Waals surface area contributed by atoms with Gasteiger partial charge in [0.05, 0.1) is 13.1 Å². The average Bonchev–Trinajstić information content (AvgIpc) is 2.60. The molecule has 0 bridgehead atoms. The number of hydrogen-bond donors (Lipinski definition) is 0. The third-order valence-electron chi connectivity index (χ3n) is 2.35. The van der Waals surface area contributed by atoms with Crippen LogP contribution in [-0.4, -0.2) is 46.7 Å². The van der Waals surface area contributed by atoms with E-state index in [1.807, 2.05) is 0 Å². The molecule has 0 N–H and O–H groups in total. The molecule has 16 heavy (non-hydrogen) atoms. The van der Waals surface area contributed by atoms with Gasteiger partial charge in [0.15, 0.2) is 4.47 Å². The molecular weight excluding hydrogens is 250 g/mol. The van der Waals surface area contributed by atoms with Gasteiger partial charge >= 0.3 is 0 Å². The van der Waals surface area contributed by atoms with Crippen molar-refractivity contribution >= 4 is 34.8 Å². The first-order valence-electron chi connectivity index (χ1n) is 4.68.